The maximum Gasteiger partial charge on any atom is 0.472 e. The van der Waals surface area contributed by atoms with E-state index >= 15 is 0 Å². The lowest BCUT2D eigenvalue weighted by Gasteiger charge is -2.21. The summed E-state index contributed by atoms with van der Waals surface area (Å²) in [5.74, 6) is 0.129. The van der Waals surface area contributed by atoms with Gasteiger partial charge in [0.15, 0.2) is 12.2 Å². The molecule has 0 fully saturated rings. The molecule has 17 nitrogen and oxygen atoms in total. The lowest BCUT2D eigenvalue weighted by Crippen LogP contribution is -2.30. The first-order valence-corrected chi connectivity index (χ1v) is 42.8. The number of phosphoric ester groups is 2. The fourth-order valence-electron chi connectivity index (χ4n) is 11.8. The van der Waals surface area contributed by atoms with Crippen LogP contribution in [0.15, 0.2) is 0 Å². The van der Waals surface area contributed by atoms with E-state index in [2.05, 4.69) is 48.5 Å². The van der Waals surface area contributed by atoms with Crippen LogP contribution in [0, 0.1) is 17.8 Å². The third-order valence-corrected chi connectivity index (χ3v) is 19.8. The zero-order valence-electron chi connectivity index (χ0n) is 62.8. The Morgan fingerprint density at radius 3 is 0.708 bits per heavy atom. The Kier molecular flexibility index (Phi) is 66.2. The summed E-state index contributed by atoms with van der Waals surface area (Å²) in [6, 6.07) is 0. The Morgan fingerprint density at radius 1 is 0.281 bits per heavy atom. The van der Waals surface area contributed by atoms with Crippen LogP contribution in [0.1, 0.15) is 395 Å². The number of aliphatic hydroxyl groups is 1. The minimum absolute atomic E-state index is 0.104. The van der Waals surface area contributed by atoms with Crippen LogP contribution in [0.2, 0.25) is 0 Å². The van der Waals surface area contributed by atoms with Crippen molar-refractivity contribution in [3.63, 3.8) is 0 Å². The lowest BCUT2D eigenvalue weighted by atomic mass is 10.0. The fraction of sp³-hybridized carbons (Fsp3) is 0.948. The summed E-state index contributed by atoms with van der Waals surface area (Å²) in [6.07, 6.45) is 54.2. The maximum atomic E-state index is 13.1. The van der Waals surface area contributed by atoms with Gasteiger partial charge in [-0.2, -0.15) is 0 Å². The molecule has 0 aromatic heterocycles. The zero-order chi connectivity index (χ0) is 70.9. The van der Waals surface area contributed by atoms with E-state index in [0.717, 1.165) is 108 Å². The van der Waals surface area contributed by atoms with Crippen LogP contribution in [-0.2, 0) is 65.4 Å². The summed E-state index contributed by atoms with van der Waals surface area (Å²) in [6.45, 7) is 11.9. The molecule has 0 aliphatic rings. The molecule has 3 N–H and O–H groups in total. The molecule has 0 aromatic rings. The van der Waals surface area contributed by atoms with Crippen molar-refractivity contribution < 1.29 is 80.2 Å². The predicted molar refractivity (Wildman–Crippen MR) is 391 cm³/mol. The molecule has 0 aliphatic heterocycles. The predicted octanol–water partition coefficient (Wildman–Crippen LogP) is 22.6. The monoisotopic (exact) mass is 1410 g/mol. The van der Waals surface area contributed by atoms with Crippen molar-refractivity contribution in [1.82, 2.24) is 0 Å². The topological polar surface area (TPSA) is 237 Å². The first-order valence-electron chi connectivity index (χ1n) is 39.8. The number of unbranched alkanes of at least 4 members (excludes halogenated alkanes) is 43. The van der Waals surface area contributed by atoms with Crippen molar-refractivity contribution in [2.45, 2.75) is 414 Å². The van der Waals surface area contributed by atoms with Crippen LogP contribution in [0.4, 0.5) is 0 Å². The number of rotatable bonds is 75. The van der Waals surface area contributed by atoms with Gasteiger partial charge in [-0.1, -0.05) is 344 Å². The van der Waals surface area contributed by atoms with Gasteiger partial charge in [0.2, 0.25) is 0 Å². The van der Waals surface area contributed by atoms with E-state index in [1.54, 1.807) is 0 Å². The number of hydrogen-bond donors (Lipinski definition) is 3. The van der Waals surface area contributed by atoms with E-state index in [1.807, 2.05) is 0 Å². The molecule has 0 bridgehead atoms. The molecule has 570 valence electrons. The summed E-state index contributed by atoms with van der Waals surface area (Å²) in [7, 11) is -9.91. The van der Waals surface area contributed by atoms with E-state index in [4.69, 9.17) is 37.0 Å². The molecule has 0 radical (unpaired) electrons. The van der Waals surface area contributed by atoms with Crippen molar-refractivity contribution in [3.8, 4) is 0 Å². The van der Waals surface area contributed by atoms with Crippen LogP contribution in [-0.4, -0.2) is 96.7 Å². The van der Waals surface area contributed by atoms with Crippen molar-refractivity contribution >= 4 is 39.5 Å². The fourth-order valence-corrected chi connectivity index (χ4v) is 13.4. The Morgan fingerprint density at radius 2 is 0.479 bits per heavy atom. The third kappa shape index (κ3) is 70.5. The van der Waals surface area contributed by atoms with E-state index in [1.165, 1.54) is 205 Å². The first kappa shape index (κ1) is 94.1. The lowest BCUT2D eigenvalue weighted by molar-refractivity contribution is -0.161. The molecule has 0 spiro atoms. The highest BCUT2D eigenvalue weighted by Gasteiger charge is 2.30. The summed E-state index contributed by atoms with van der Waals surface area (Å²) in [5.41, 5.74) is 0. The summed E-state index contributed by atoms with van der Waals surface area (Å²) in [4.78, 5) is 72.8. The molecule has 0 amide bonds. The molecule has 0 aliphatic carbocycles. The second-order valence-electron chi connectivity index (χ2n) is 29.2. The van der Waals surface area contributed by atoms with Gasteiger partial charge in [-0.25, -0.2) is 9.13 Å². The molecular weight excluding hydrogens is 1260 g/mol. The molecule has 96 heavy (non-hydrogen) atoms. The second kappa shape index (κ2) is 67.5. The average Bonchev–Trinajstić information content (AvgIpc) is 1.70. The quantitative estimate of drug-likeness (QED) is 0.0222. The Bertz CT molecular complexity index is 1870. The van der Waals surface area contributed by atoms with Gasteiger partial charge < -0.3 is 33.8 Å². The highest BCUT2D eigenvalue weighted by molar-refractivity contribution is 7.47. The van der Waals surface area contributed by atoms with Crippen LogP contribution >= 0.6 is 15.6 Å². The number of phosphoric acid groups is 2. The smallest absolute Gasteiger partial charge is 0.462 e. The standard InChI is InChI=1S/C77H150O17P2/c1-8-9-10-11-12-13-14-15-16-19-22-25-28-37-44-51-58-74(79)87-64-72(93-76(81)60-53-46-39-29-26-23-20-17-18-21-24-27-34-41-48-55-68(2)3)66-91-95(83,84)89-62-71(78)63-90-96(85,86)92-67-73(94-77(82)61-54-47-40-33-31-36-43-50-57-70(6)7)65-88-75(80)59-52-45-38-32-30-35-42-49-56-69(4)5/h68-73,78H,8-67H2,1-7H3,(H,83,84)(H,85,86)/t71-,72-,73-/m1/s1. The SMILES string of the molecule is CCCCCCCCCCCCCCCCCCC(=O)OC[C@H](COP(=O)(O)OC[C@@H](O)COP(=O)(O)OC[C@@H](COC(=O)CCCCCCCCCCC(C)C)OC(=O)CCCCCCCCCCC(C)C)OC(=O)CCCCCCCCCCCCCCCCCC(C)C. The Balaban J connectivity index is 5.24. The van der Waals surface area contributed by atoms with Gasteiger partial charge in [-0.05, 0) is 43.4 Å². The van der Waals surface area contributed by atoms with E-state index < -0.39 is 97.5 Å². The maximum absolute atomic E-state index is 13.1. The van der Waals surface area contributed by atoms with Crippen molar-refractivity contribution in [3.05, 3.63) is 0 Å². The first-order chi connectivity index (χ1) is 46.2. The number of ether oxygens (including phenoxy) is 4. The van der Waals surface area contributed by atoms with Crippen molar-refractivity contribution in [2.75, 3.05) is 39.6 Å². The molecule has 5 atom stereocenters. The molecule has 0 aromatic carbocycles. The number of aliphatic hydroxyl groups excluding tert-OH is 1. The van der Waals surface area contributed by atoms with Crippen LogP contribution in [0.5, 0.6) is 0 Å². The minimum Gasteiger partial charge on any atom is -0.462 e. The molecule has 0 saturated heterocycles. The molecule has 2 unspecified atom stereocenters. The number of hydrogen-bond acceptors (Lipinski definition) is 15. The van der Waals surface area contributed by atoms with Gasteiger partial charge in [0.05, 0.1) is 26.4 Å². The highest BCUT2D eigenvalue weighted by atomic mass is 31.2. The molecule has 0 saturated carbocycles. The normalized spacial score (nSPS) is 14.1. The Hall–Kier alpha value is -1.94. The third-order valence-electron chi connectivity index (χ3n) is 17.9. The van der Waals surface area contributed by atoms with Gasteiger partial charge in [-0.3, -0.25) is 37.3 Å². The zero-order valence-corrected chi connectivity index (χ0v) is 64.6. The minimum atomic E-state index is -4.96. The van der Waals surface area contributed by atoms with Crippen LogP contribution in [0.3, 0.4) is 0 Å². The molecule has 0 heterocycles. The van der Waals surface area contributed by atoms with Gasteiger partial charge in [0.1, 0.15) is 19.3 Å². The van der Waals surface area contributed by atoms with E-state index in [-0.39, 0.29) is 25.7 Å². The van der Waals surface area contributed by atoms with E-state index in [9.17, 15) is 43.2 Å². The summed E-state index contributed by atoms with van der Waals surface area (Å²) < 4.78 is 68.6. The number of carbonyl (C=O) groups excluding carboxylic acids is 4. The average molecular weight is 1410 g/mol. The van der Waals surface area contributed by atoms with Crippen LogP contribution < -0.4 is 0 Å². The summed E-state index contributed by atoms with van der Waals surface area (Å²) in [5, 5.41) is 10.6. The van der Waals surface area contributed by atoms with Gasteiger partial charge in [0, 0.05) is 25.7 Å². The van der Waals surface area contributed by atoms with Crippen molar-refractivity contribution in [1.29, 1.82) is 0 Å². The van der Waals surface area contributed by atoms with Crippen molar-refractivity contribution in [2.24, 2.45) is 17.8 Å². The highest BCUT2D eigenvalue weighted by Crippen LogP contribution is 2.45. The second-order valence-corrected chi connectivity index (χ2v) is 32.1. The molecule has 19 heteroatoms. The molecule has 0 rings (SSSR count). The van der Waals surface area contributed by atoms with Crippen LogP contribution in [0.25, 0.3) is 0 Å². The van der Waals surface area contributed by atoms with E-state index in [0.29, 0.717) is 25.7 Å². The number of carbonyl (C=O) groups is 4. The Labute approximate surface area is 588 Å². The number of esters is 4. The van der Waals surface area contributed by atoms with Gasteiger partial charge in [0.25, 0.3) is 0 Å². The summed E-state index contributed by atoms with van der Waals surface area (Å²) >= 11 is 0. The van der Waals surface area contributed by atoms with Gasteiger partial charge >= 0.3 is 39.5 Å². The largest absolute Gasteiger partial charge is 0.472 e. The molecular formula is C77H150O17P2. The van der Waals surface area contributed by atoms with Gasteiger partial charge in [-0.15, -0.1) is 0 Å².